The molecular formula is C20H17F3N4O. The summed E-state index contributed by atoms with van der Waals surface area (Å²) in [6, 6.07) is 8.84. The van der Waals surface area contributed by atoms with Crippen LogP contribution in [0.25, 0.3) is 0 Å². The van der Waals surface area contributed by atoms with Gasteiger partial charge in [-0.15, -0.1) is 0 Å². The van der Waals surface area contributed by atoms with Crippen molar-refractivity contribution in [1.29, 1.82) is 0 Å². The van der Waals surface area contributed by atoms with E-state index in [0.29, 0.717) is 5.69 Å². The molecule has 0 radical (unpaired) electrons. The molecule has 0 fully saturated rings. The smallest absolute Gasteiger partial charge is 0.274 e. The van der Waals surface area contributed by atoms with Crippen molar-refractivity contribution >= 4 is 23.2 Å². The summed E-state index contributed by atoms with van der Waals surface area (Å²) in [7, 11) is 0. The maximum atomic E-state index is 13.8. The molecule has 3 rings (SSSR count). The quantitative estimate of drug-likeness (QED) is 0.631. The molecule has 0 atom stereocenters. The lowest BCUT2D eigenvalue weighted by Crippen LogP contribution is -2.17. The van der Waals surface area contributed by atoms with Crippen LogP contribution < -0.4 is 10.6 Å². The minimum absolute atomic E-state index is 0.0506. The van der Waals surface area contributed by atoms with Gasteiger partial charge in [-0.25, -0.2) is 23.1 Å². The van der Waals surface area contributed by atoms with Gasteiger partial charge in [0.05, 0.1) is 5.69 Å². The van der Waals surface area contributed by atoms with Gasteiger partial charge in [0, 0.05) is 11.4 Å². The monoisotopic (exact) mass is 386 g/mol. The first kappa shape index (κ1) is 19.3. The molecule has 1 heterocycles. The Hall–Kier alpha value is -3.42. The van der Waals surface area contributed by atoms with Crippen molar-refractivity contribution in [1.82, 2.24) is 9.97 Å². The highest BCUT2D eigenvalue weighted by Gasteiger charge is 2.18. The molecule has 0 saturated carbocycles. The first-order chi connectivity index (χ1) is 13.3. The Balaban J connectivity index is 1.89. The van der Waals surface area contributed by atoms with Crippen molar-refractivity contribution in [2.24, 2.45) is 0 Å². The van der Waals surface area contributed by atoms with E-state index in [2.05, 4.69) is 20.6 Å². The number of nitrogens with one attached hydrogen (secondary N) is 2. The topological polar surface area (TPSA) is 66.9 Å². The van der Waals surface area contributed by atoms with Gasteiger partial charge in [0.1, 0.15) is 5.69 Å². The molecule has 5 nitrogen and oxygen atoms in total. The van der Waals surface area contributed by atoms with E-state index in [9.17, 15) is 18.0 Å². The third-order valence-corrected chi connectivity index (χ3v) is 4.09. The Morgan fingerprint density at radius 2 is 1.61 bits per heavy atom. The van der Waals surface area contributed by atoms with Gasteiger partial charge in [0.2, 0.25) is 5.95 Å². The molecule has 2 N–H and O–H groups in total. The maximum absolute atomic E-state index is 13.8. The third kappa shape index (κ3) is 3.95. The maximum Gasteiger partial charge on any atom is 0.274 e. The number of aromatic nitrogens is 2. The van der Waals surface area contributed by atoms with Gasteiger partial charge in [0.15, 0.2) is 17.5 Å². The molecule has 28 heavy (non-hydrogen) atoms. The fourth-order valence-electron chi connectivity index (χ4n) is 2.67. The molecule has 0 saturated heterocycles. The van der Waals surface area contributed by atoms with E-state index in [1.165, 1.54) is 6.07 Å². The minimum atomic E-state index is -1.66. The van der Waals surface area contributed by atoms with E-state index in [4.69, 9.17) is 0 Å². The summed E-state index contributed by atoms with van der Waals surface area (Å²) >= 11 is 0. The van der Waals surface area contributed by atoms with Crippen molar-refractivity contribution < 1.29 is 18.0 Å². The lowest BCUT2D eigenvalue weighted by Gasteiger charge is -2.13. The highest BCUT2D eigenvalue weighted by Crippen LogP contribution is 2.23. The van der Waals surface area contributed by atoms with Crippen LogP contribution >= 0.6 is 0 Å². The number of hydrogen-bond donors (Lipinski definition) is 2. The van der Waals surface area contributed by atoms with Crippen molar-refractivity contribution in [3.8, 4) is 0 Å². The van der Waals surface area contributed by atoms with Crippen molar-refractivity contribution in [3.63, 3.8) is 0 Å². The molecule has 0 aliphatic carbocycles. The Bertz CT molecular complexity index is 1050. The SMILES string of the molecule is Cc1cc(C(=O)Nc2ccc(F)c(F)c2F)nc(Nc2c(C)cccc2C)n1. The molecule has 1 amide bonds. The number of hydrogen-bond acceptors (Lipinski definition) is 4. The van der Waals surface area contributed by atoms with Gasteiger partial charge < -0.3 is 10.6 Å². The van der Waals surface area contributed by atoms with E-state index < -0.39 is 29.0 Å². The zero-order chi connectivity index (χ0) is 20.4. The lowest BCUT2D eigenvalue weighted by atomic mass is 10.1. The number of amides is 1. The Kier molecular flexibility index (Phi) is 5.30. The van der Waals surface area contributed by atoms with E-state index >= 15 is 0 Å². The number of aryl methyl sites for hydroxylation is 3. The summed E-state index contributed by atoms with van der Waals surface area (Å²) in [6.45, 7) is 5.52. The van der Waals surface area contributed by atoms with E-state index in [1.54, 1.807) is 6.92 Å². The zero-order valence-corrected chi connectivity index (χ0v) is 15.4. The lowest BCUT2D eigenvalue weighted by molar-refractivity contribution is 0.102. The molecule has 0 aliphatic rings. The number of nitrogens with zero attached hydrogens (tertiary/aromatic N) is 2. The number of benzene rings is 2. The van der Waals surface area contributed by atoms with Crippen LogP contribution in [0.5, 0.6) is 0 Å². The zero-order valence-electron chi connectivity index (χ0n) is 15.4. The fraction of sp³-hybridized carbons (Fsp3) is 0.150. The van der Waals surface area contributed by atoms with Gasteiger partial charge in [-0.3, -0.25) is 4.79 Å². The van der Waals surface area contributed by atoms with Gasteiger partial charge in [-0.2, -0.15) is 0 Å². The second-order valence-corrected chi connectivity index (χ2v) is 6.29. The van der Waals surface area contributed by atoms with Crippen LogP contribution in [-0.2, 0) is 0 Å². The average Bonchev–Trinajstić information content (AvgIpc) is 2.65. The molecule has 1 aromatic heterocycles. The van der Waals surface area contributed by atoms with Crippen LogP contribution in [0.2, 0.25) is 0 Å². The van der Waals surface area contributed by atoms with Gasteiger partial charge in [-0.1, -0.05) is 18.2 Å². The van der Waals surface area contributed by atoms with E-state index in [1.807, 2.05) is 32.0 Å². The van der Waals surface area contributed by atoms with Gasteiger partial charge >= 0.3 is 0 Å². The van der Waals surface area contributed by atoms with Crippen LogP contribution in [0.3, 0.4) is 0 Å². The molecular weight excluding hydrogens is 369 g/mol. The predicted molar refractivity (Wildman–Crippen MR) is 100 cm³/mol. The van der Waals surface area contributed by atoms with Crippen LogP contribution in [0.15, 0.2) is 36.4 Å². The van der Waals surface area contributed by atoms with Crippen LogP contribution in [0.1, 0.15) is 27.3 Å². The molecule has 0 spiro atoms. The summed E-state index contributed by atoms with van der Waals surface area (Å²) in [5.41, 5.74) is 2.72. The van der Waals surface area contributed by atoms with Gasteiger partial charge in [-0.05, 0) is 50.1 Å². The average molecular weight is 386 g/mol. The number of carbonyl (C=O) groups excluding carboxylic acids is 1. The van der Waals surface area contributed by atoms with Crippen LogP contribution in [0.4, 0.5) is 30.5 Å². The van der Waals surface area contributed by atoms with Crippen molar-refractivity contribution in [2.45, 2.75) is 20.8 Å². The van der Waals surface area contributed by atoms with Crippen LogP contribution in [0, 0.1) is 38.2 Å². The molecule has 0 unspecified atom stereocenters. The second-order valence-electron chi connectivity index (χ2n) is 6.29. The number of anilines is 3. The molecule has 144 valence electrons. The number of halogens is 3. The van der Waals surface area contributed by atoms with Crippen molar-refractivity contribution in [2.75, 3.05) is 10.6 Å². The standard InChI is InChI=1S/C20H17F3N4O/c1-10-5-4-6-11(2)18(10)27-20-24-12(3)9-15(26-20)19(28)25-14-8-7-13(21)16(22)17(14)23/h4-9H,1-3H3,(H,25,28)(H,24,26,27). The second kappa shape index (κ2) is 7.67. The number of rotatable bonds is 4. The number of carbonyl (C=O) groups is 1. The summed E-state index contributed by atoms with van der Waals surface area (Å²) in [6.07, 6.45) is 0. The first-order valence-corrected chi connectivity index (χ1v) is 8.40. The highest BCUT2D eigenvalue weighted by atomic mass is 19.2. The Labute approximate surface area is 159 Å². The Morgan fingerprint density at radius 3 is 2.29 bits per heavy atom. The van der Waals surface area contributed by atoms with E-state index in [-0.39, 0.29) is 11.6 Å². The first-order valence-electron chi connectivity index (χ1n) is 8.40. The molecule has 2 aromatic carbocycles. The molecule has 0 bridgehead atoms. The summed E-state index contributed by atoms with van der Waals surface area (Å²) in [4.78, 5) is 20.9. The minimum Gasteiger partial charge on any atom is -0.324 e. The Morgan fingerprint density at radius 1 is 0.929 bits per heavy atom. The fourth-order valence-corrected chi connectivity index (χ4v) is 2.67. The number of para-hydroxylation sites is 1. The normalized spacial score (nSPS) is 10.6. The molecule has 3 aromatic rings. The summed E-state index contributed by atoms with van der Waals surface area (Å²) in [5.74, 6) is -5.07. The highest BCUT2D eigenvalue weighted by molar-refractivity contribution is 6.03. The molecule has 0 aliphatic heterocycles. The van der Waals surface area contributed by atoms with Crippen molar-refractivity contribution in [3.05, 3.63) is 76.4 Å². The largest absolute Gasteiger partial charge is 0.324 e. The molecule has 8 heteroatoms. The predicted octanol–water partition coefficient (Wildman–Crippen LogP) is 4.82. The summed E-state index contributed by atoms with van der Waals surface area (Å²) in [5, 5.41) is 5.28. The van der Waals surface area contributed by atoms with Crippen LogP contribution in [-0.4, -0.2) is 15.9 Å². The van der Waals surface area contributed by atoms with Gasteiger partial charge in [0.25, 0.3) is 5.91 Å². The van der Waals surface area contributed by atoms with E-state index in [0.717, 1.165) is 28.9 Å². The third-order valence-electron chi connectivity index (χ3n) is 4.09. The summed E-state index contributed by atoms with van der Waals surface area (Å²) < 4.78 is 40.2.